The predicted octanol–water partition coefficient (Wildman–Crippen LogP) is 3.30. The van der Waals surface area contributed by atoms with Gasteiger partial charge < -0.3 is 14.0 Å². The normalized spacial score (nSPS) is 12.7. The first kappa shape index (κ1) is 15.6. The number of rotatable bonds is 5. The van der Waals surface area contributed by atoms with Gasteiger partial charge in [-0.15, -0.1) is 11.6 Å². The number of aromatic nitrogens is 2. The lowest BCUT2D eigenvalue weighted by molar-refractivity contribution is -0.143. The number of carbonyl (C=O) groups is 1. The van der Waals surface area contributed by atoms with Crippen LogP contribution in [0.4, 0.5) is 0 Å². The molecule has 0 spiro atoms. The Labute approximate surface area is 128 Å². The van der Waals surface area contributed by atoms with E-state index in [2.05, 4.69) is 4.98 Å². The predicted molar refractivity (Wildman–Crippen MR) is 81.8 cm³/mol. The molecule has 6 heteroatoms. The van der Waals surface area contributed by atoms with Crippen LogP contribution < -0.4 is 4.74 Å². The zero-order valence-electron chi connectivity index (χ0n) is 12.6. The second-order valence-corrected chi connectivity index (χ2v) is 5.29. The van der Waals surface area contributed by atoms with Crippen LogP contribution in [0.25, 0.3) is 11.0 Å². The monoisotopic (exact) mass is 310 g/mol. The number of hydrogen-bond acceptors (Lipinski definition) is 4. The molecule has 2 aromatic rings. The Balaban J connectivity index is 2.62. The highest BCUT2D eigenvalue weighted by molar-refractivity contribution is 6.17. The van der Waals surface area contributed by atoms with Crippen molar-refractivity contribution in [2.45, 2.75) is 38.8 Å². The lowest BCUT2D eigenvalue weighted by atomic mass is 10.2. The van der Waals surface area contributed by atoms with Gasteiger partial charge in [0.1, 0.15) is 23.1 Å². The van der Waals surface area contributed by atoms with Crippen molar-refractivity contribution in [3.63, 3.8) is 0 Å². The molecule has 1 aromatic carbocycles. The van der Waals surface area contributed by atoms with E-state index in [1.807, 2.05) is 32.0 Å². The summed E-state index contributed by atoms with van der Waals surface area (Å²) in [6.07, 6.45) is 0.0400. The highest BCUT2D eigenvalue weighted by Gasteiger charge is 2.23. The van der Waals surface area contributed by atoms with Crippen molar-refractivity contribution >= 4 is 28.6 Å². The van der Waals surface area contributed by atoms with Crippen molar-refractivity contribution in [1.29, 1.82) is 0 Å². The fourth-order valence-corrected chi connectivity index (χ4v) is 2.48. The van der Waals surface area contributed by atoms with Crippen molar-refractivity contribution < 1.29 is 14.3 Å². The number of methoxy groups -OCH3 is 1. The van der Waals surface area contributed by atoms with Crippen molar-refractivity contribution in [1.82, 2.24) is 9.55 Å². The third kappa shape index (κ3) is 2.97. The summed E-state index contributed by atoms with van der Waals surface area (Å²) < 4.78 is 12.4. The molecule has 0 N–H and O–H groups in total. The van der Waals surface area contributed by atoms with E-state index in [0.717, 1.165) is 5.52 Å². The first-order valence-electron chi connectivity index (χ1n) is 6.79. The number of carbonyl (C=O) groups excluding carboxylic acids is 1. The van der Waals surface area contributed by atoms with Gasteiger partial charge in [0.2, 0.25) is 0 Å². The molecule has 0 amide bonds. The molecule has 2 rings (SSSR count). The van der Waals surface area contributed by atoms with Crippen LogP contribution in [0.15, 0.2) is 18.2 Å². The van der Waals surface area contributed by atoms with Crippen molar-refractivity contribution in [2.24, 2.45) is 0 Å². The van der Waals surface area contributed by atoms with E-state index < -0.39 is 6.04 Å². The minimum absolute atomic E-state index is 0.0400. The average Bonchev–Trinajstić information content (AvgIpc) is 2.84. The molecular weight excluding hydrogens is 292 g/mol. The van der Waals surface area contributed by atoms with E-state index in [4.69, 9.17) is 21.1 Å². The summed E-state index contributed by atoms with van der Waals surface area (Å²) in [5, 5.41) is 0. The van der Waals surface area contributed by atoms with Gasteiger partial charge in [-0.05, 0) is 32.9 Å². The molecule has 0 aliphatic heterocycles. The van der Waals surface area contributed by atoms with Gasteiger partial charge in [-0.25, -0.2) is 9.78 Å². The van der Waals surface area contributed by atoms with Crippen LogP contribution in [-0.2, 0) is 15.4 Å². The first-order valence-corrected chi connectivity index (χ1v) is 7.33. The standard InChI is InChI=1S/C15H19ClN2O3/c1-9(2)21-12-7-5-6-11-14(12)17-13(8-16)18(11)10(3)15(19)20-4/h5-7,9-10H,8H2,1-4H3. The summed E-state index contributed by atoms with van der Waals surface area (Å²) in [6, 6.07) is 5.13. The third-order valence-corrected chi connectivity index (χ3v) is 3.41. The zero-order valence-corrected chi connectivity index (χ0v) is 13.3. The van der Waals surface area contributed by atoms with Crippen LogP contribution in [-0.4, -0.2) is 28.7 Å². The number of benzene rings is 1. The topological polar surface area (TPSA) is 53.4 Å². The summed E-state index contributed by atoms with van der Waals surface area (Å²) in [5.74, 6) is 1.17. The van der Waals surface area contributed by atoms with Crippen LogP contribution in [0.2, 0.25) is 0 Å². The molecule has 0 saturated carbocycles. The SMILES string of the molecule is COC(=O)C(C)n1c(CCl)nc2c(OC(C)C)cccc21. The Kier molecular flexibility index (Phi) is 4.73. The largest absolute Gasteiger partial charge is 0.489 e. The lowest BCUT2D eigenvalue weighted by Gasteiger charge is -2.15. The maximum absolute atomic E-state index is 11.8. The summed E-state index contributed by atoms with van der Waals surface area (Å²) in [7, 11) is 1.37. The molecule has 0 saturated heterocycles. The van der Waals surface area contributed by atoms with Gasteiger partial charge in [0, 0.05) is 0 Å². The molecular formula is C15H19ClN2O3. The number of nitrogens with zero attached hydrogens (tertiary/aromatic N) is 2. The van der Waals surface area contributed by atoms with Gasteiger partial charge in [0.25, 0.3) is 0 Å². The Bertz CT molecular complexity index is 652. The second-order valence-electron chi connectivity index (χ2n) is 5.02. The maximum Gasteiger partial charge on any atom is 0.328 e. The second kappa shape index (κ2) is 6.35. The molecule has 114 valence electrons. The fraction of sp³-hybridized carbons (Fsp3) is 0.467. The van der Waals surface area contributed by atoms with Gasteiger partial charge >= 0.3 is 5.97 Å². The number of hydrogen-bond donors (Lipinski definition) is 0. The molecule has 1 heterocycles. The van der Waals surface area contributed by atoms with Crippen LogP contribution in [0.3, 0.4) is 0 Å². The number of alkyl halides is 1. The fourth-order valence-electron chi connectivity index (χ4n) is 2.29. The van der Waals surface area contributed by atoms with E-state index in [0.29, 0.717) is 17.1 Å². The van der Waals surface area contributed by atoms with Crippen molar-refractivity contribution in [3.05, 3.63) is 24.0 Å². The highest BCUT2D eigenvalue weighted by atomic mass is 35.5. The molecule has 0 aliphatic rings. The zero-order chi connectivity index (χ0) is 15.6. The number of fused-ring (bicyclic) bond motifs is 1. The molecule has 0 fully saturated rings. The Morgan fingerprint density at radius 3 is 2.67 bits per heavy atom. The Hall–Kier alpha value is -1.75. The molecule has 0 bridgehead atoms. The lowest BCUT2D eigenvalue weighted by Crippen LogP contribution is -2.19. The molecule has 5 nitrogen and oxygen atoms in total. The molecule has 1 aromatic heterocycles. The van der Waals surface area contributed by atoms with Gasteiger partial charge in [-0.1, -0.05) is 6.07 Å². The number of para-hydroxylation sites is 1. The van der Waals surface area contributed by atoms with E-state index >= 15 is 0 Å². The number of esters is 1. The van der Waals surface area contributed by atoms with Gasteiger partial charge in [-0.2, -0.15) is 0 Å². The van der Waals surface area contributed by atoms with Crippen LogP contribution in [0.5, 0.6) is 5.75 Å². The summed E-state index contributed by atoms with van der Waals surface area (Å²) >= 11 is 5.98. The quantitative estimate of drug-likeness (QED) is 0.628. The van der Waals surface area contributed by atoms with Crippen LogP contribution >= 0.6 is 11.6 Å². The Morgan fingerprint density at radius 1 is 1.38 bits per heavy atom. The number of imidazole rings is 1. The van der Waals surface area contributed by atoms with Crippen molar-refractivity contribution in [2.75, 3.05) is 7.11 Å². The van der Waals surface area contributed by atoms with Crippen molar-refractivity contribution in [3.8, 4) is 5.75 Å². The third-order valence-electron chi connectivity index (χ3n) is 3.17. The van der Waals surface area contributed by atoms with Gasteiger partial charge in [0.05, 0.1) is 24.6 Å². The molecule has 21 heavy (non-hydrogen) atoms. The van der Waals surface area contributed by atoms with Gasteiger partial charge in [0.15, 0.2) is 0 Å². The first-order chi connectivity index (χ1) is 9.99. The highest BCUT2D eigenvalue weighted by Crippen LogP contribution is 2.30. The maximum atomic E-state index is 11.8. The van der Waals surface area contributed by atoms with E-state index in [-0.39, 0.29) is 18.0 Å². The Morgan fingerprint density at radius 2 is 2.10 bits per heavy atom. The minimum atomic E-state index is -0.497. The summed E-state index contributed by atoms with van der Waals surface area (Å²) in [4.78, 5) is 16.4. The molecule has 1 unspecified atom stereocenters. The molecule has 0 radical (unpaired) electrons. The molecule has 1 atom stereocenters. The van der Waals surface area contributed by atoms with E-state index in [1.54, 1.807) is 11.5 Å². The number of halogens is 1. The number of ether oxygens (including phenoxy) is 2. The van der Waals surface area contributed by atoms with E-state index in [9.17, 15) is 4.79 Å². The van der Waals surface area contributed by atoms with Crippen LogP contribution in [0.1, 0.15) is 32.6 Å². The summed E-state index contributed by atoms with van der Waals surface area (Å²) in [6.45, 7) is 5.67. The molecule has 0 aliphatic carbocycles. The van der Waals surface area contributed by atoms with Gasteiger partial charge in [-0.3, -0.25) is 0 Å². The minimum Gasteiger partial charge on any atom is -0.489 e. The van der Waals surface area contributed by atoms with E-state index in [1.165, 1.54) is 7.11 Å². The van der Waals surface area contributed by atoms with Crippen LogP contribution in [0, 0.1) is 0 Å². The smallest absolute Gasteiger partial charge is 0.328 e. The summed E-state index contributed by atoms with van der Waals surface area (Å²) in [5.41, 5.74) is 1.51. The average molecular weight is 311 g/mol.